The number of nitrogens with one attached hydrogen (secondary N) is 1. The molecule has 0 unspecified atom stereocenters. The van der Waals surface area contributed by atoms with Crippen LogP contribution in [-0.4, -0.2) is 15.7 Å². The third-order valence-electron chi connectivity index (χ3n) is 2.62. The lowest BCUT2D eigenvalue weighted by Crippen LogP contribution is -2.08. The fourth-order valence-electron chi connectivity index (χ4n) is 1.61. The van der Waals surface area contributed by atoms with E-state index in [1.54, 1.807) is 25.3 Å². The van der Waals surface area contributed by atoms with Crippen molar-refractivity contribution in [3.63, 3.8) is 0 Å². The minimum Gasteiger partial charge on any atom is -0.323 e. The molecule has 4 nitrogen and oxygen atoms in total. The number of carbonyl (C=O) groups is 1. The molecule has 0 saturated heterocycles. The first-order chi connectivity index (χ1) is 9.10. The highest BCUT2D eigenvalue weighted by Gasteiger charge is 2.09. The zero-order valence-electron chi connectivity index (χ0n) is 10.4. The molecular formula is C13H13ClFN3O. The van der Waals surface area contributed by atoms with Crippen LogP contribution in [0.5, 0.6) is 0 Å². The summed E-state index contributed by atoms with van der Waals surface area (Å²) in [6, 6.07) is 4.53. The summed E-state index contributed by atoms with van der Waals surface area (Å²) in [5, 5.41) is 7.09. The fraction of sp³-hybridized carbons (Fsp3) is 0.231. The number of hydrogen-bond acceptors (Lipinski definition) is 2. The van der Waals surface area contributed by atoms with Crippen molar-refractivity contribution in [3.05, 3.63) is 47.0 Å². The Morgan fingerprint density at radius 1 is 1.53 bits per heavy atom. The van der Waals surface area contributed by atoms with E-state index >= 15 is 0 Å². The van der Waals surface area contributed by atoms with Gasteiger partial charge in [0.25, 0.3) is 0 Å². The monoisotopic (exact) mass is 281 g/mol. The maximum absolute atomic E-state index is 13.6. The van der Waals surface area contributed by atoms with Gasteiger partial charge >= 0.3 is 0 Å². The van der Waals surface area contributed by atoms with Crippen molar-refractivity contribution in [3.8, 4) is 0 Å². The van der Waals surface area contributed by atoms with Gasteiger partial charge in [0, 0.05) is 23.2 Å². The first-order valence-corrected chi connectivity index (χ1v) is 6.23. The number of aromatic nitrogens is 2. The van der Waals surface area contributed by atoms with Gasteiger partial charge in [-0.05, 0) is 12.1 Å². The molecule has 2 rings (SSSR count). The number of benzene rings is 1. The first-order valence-electron chi connectivity index (χ1n) is 5.85. The zero-order valence-corrected chi connectivity index (χ0v) is 11.1. The summed E-state index contributed by atoms with van der Waals surface area (Å²) in [6.45, 7) is 1.98. The van der Waals surface area contributed by atoms with Crippen molar-refractivity contribution in [1.82, 2.24) is 9.78 Å². The highest BCUT2D eigenvalue weighted by molar-refractivity contribution is 6.31. The lowest BCUT2D eigenvalue weighted by molar-refractivity contribution is -0.115. The molecule has 19 heavy (non-hydrogen) atoms. The van der Waals surface area contributed by atoms with E-state index in [0.29, 0.717) is 22.7 Å². The Hall–Kier alpha value is -1.88. The Kier molecular flexibility index (Phi) is 4.16. The van der Waals surface area contributed by atoms with Gasteiger partial charge in [-0.1, -0.05) is 24.6 Å². The number of anilines is 1. The predicted molar refractivity (Wildman–Crippen MR) is 71.7 cm³/mol. The van der Waals surface area contributed by atoms with Crippen molar-refractivity contribution >= 4 is 23.2 Å². The summed E-state index contributed by atoms with van der Waals surface area (Å²) in [7, 11) is 0. The van der Waals surface area contributed by atoms with E-state index in [0.717, 1.165) is 0 Å². The average Bonchev–Trinajstić information content (AvgIpc) is 2.81. The van der Waals surface area contributed by atoms with Crippen LogP contribution in [0.3, 0.4) is 0 Å². The smallest absolute Gasteiger partial charge is 0.224 e. The summed E-state index contributed by atoms with van der Waals surface area (Å²) in [4.78, 5) is 11.2. The summed E-state index contributed by atoms with van der Waals surface area (Å²) in [5.41, 5.74) is 0.958. The van der Waals surface area contributed by atoms with Gasteiger partial charge in [-0.15, -0.1) is 0 Å². The SMILES string of the molecule is CCC(=O)Nc1cnn(Cc2c(F)cccc2Cl)c1. The van der Waals surface area contributed by atoms with Gasteiger partial charge in [0.2, 0.25) is 5.91 Å². The van der Waals surface area contributed by atoms with Crippen molar-refractivity contribution < 1.29 is 9.18 Å². The maximum Gasteiger partial charge on any atom is 0.224 e. The van der Waals surface area contributed by atoms with Gasteiger partial charge in [-0.2, -0.15) is 5.10 Å². The van der Waals surface area contributed by atoms with Crippen LogP contribution in [0.1, 0.15) is 18.9 Å². The second-order valence-corrected chi connectivity index (χ2v) is 4.44. The molecule has 1 N–H and O–H groups in total. The summed E-state index contributed by atoms with van der Waals surface area (Å²) >= 11 is 5.94. The van der Waals surface area contributed by atoms with Crippen LogP contribution in [0.15, 0.2) is 30.6 Å². The van der Waals surface area contributed by atoms with E-state index in [-0.39, 0.29) is 18.3 Å². The predicted octanol–water partition coefficient (Wildman–Crippen LogP) is 3.07. The molecule has 0 aliphatic carbocycles. The Morgan fingerprint density at radius 2 is 2.32 bits per heavy atom. The molecule has 0 bridgehead atoms. The van der Waals surface area contributed by atoms with Crippen molar-refractivity contribution in [1.29, 1.82) is 0 Å². The molecule has 100 valence electrons. The number of rotatable bonds is 4. The van der Waals surface area contributed by atoms with Gasteiger partial charge in [0.15, 0.2) is 0 Å². The lowest BCUT2D eigenvalue weighted by Gasteiger charge is -2.05. The van der Waals surface area contributed by atoms with Gasteiger partial charge in [0.05, 0.1) is 18.4 Å². The van der Waals surface area contributed by atoms with Crippen LogP contribution >= 0.6 is 11.6 Å². The van der Waals surface area contributed by atoms with Crippen LogP contribution in [0.4, 0.5) is 10.1 Å². The molecular weight excluding hydrogens is 269 g/mol. The number of carbonyl (C=O) groups excluding carboxylic acids is 1. The van der Waals surface area contributed by atoms with Crippen LogP contribution in [-0.2, 0) is 11.3 Å². The Bertz CT molecular complexity index is 577. The van der Waals surface area contributed by atoms with Gasteiger partial charge in [-0.25, -0.2) is 4.39 Å². The first kappa shape index (κ1) is 13.5. The molecule has 0 atom stereocenters. The Morgan fingerprint density at radius 3 is 3.00 bits per heavy atom. The largest absolute Gasteiger partial charge is 0.323 e. The molecule has 0 spiro atoms. The Balaban J connectivity index is 2.14. The van der Waals surface area contributed by atoms with Crippen LogP contribution in [0.25, 0.3) is 0 Å². The highest BCUT2D eigenvalue weighted by Crippen LogP contribution is 2.20. The summed E-state index contributed by atoms with van der Waals surface area (Å²) in [5.74, 6) is -0.467. The quantitative estimate of drug-likeness (QED) is 0.936. The molecule has 1 amide bonds. The van der Waals surface area contributed by atoms with Crippen LogP contribution in [0.2, 0.25) is 5.02 Å². The molecule has 0 aliphatic rings. The summed E-state index contributed by atoms with van der Waals surface area (Å²) < 4.78 is 15.1. The van der Waals surface area contributed by atoms with Crippen LogP contribution in [0, 0.1) is 5.82 Å². The summed E-state index contributed by atoms with van der Waals surface area (Å²) in [6.07, 6.45) is 3.54. The number of amides is 1. The minimum absolute atomic E-state index is 0.0940. The topological polar surface area (TPSA) is 46.9 Å². The molecule has 0 fully saturated rings. The second kappa shape index (κ2) is 5.84. The fourth-order valence-corrected chi connectivity index (χ4v) is 1.83. The van der Waals surface area contributed by atoms with Crippen molar-refractivity contribution in [2.75, 3.05) is 5.32 Å². The zero-order chi connectivity index (χ0) is 13.8. The normalized spacial score (nSPS) is 10.5. The molecule has 1 aromatic carbocycles. The van der Waals surface area contributed by atoms with Gasteiger partial charge in [0.1, 0.15) is 5.82 Å². The highest BCUT2D eigenvalue weighted by atomic mass is 35.5. The molecule has 0 saturated carbocycles. The van der Waals surface area contributed by atoms with E-state index in [9.17, 15) is 9.18 Å². The van der Waals surface area contributed by atoms with E-state index in [4.69, 9.17) is 11.6 Å². The third kappa shape index (κ3) is 3.32. The van der Waals surface area contributed by atoms with E-state index in [2.05, 4.69) is 10.4 Å². The molecule has 2 aromatic rings. The number of halogens is 2. The standard InChI is InChI=1S/C13H13ClFN3O/c1-2-13(19)17-9-6-16-18(7-9)8-10-11(14)4-3-5-12(10)15/h3-7H,2,8H2,1H3,(H,17,19). The number of nitrogens with zero attached hydrogens (tertiary/aromatic N) is 2. The average molecular weight is 282 g/mol. The van der Waals surface area contributed by atoms with Crippen LogP contribution < -0.4 is 5.32 Å². The lowest BCUT2D eigenvalue weighted by atomic mass is 10.2. The molecule has 1 heterocycles. The van der Waals surface area contributed by atoms with Gasteiger partial charge in [-0.3, -0.25) is 9.48 Å². The minimum atomic E-state index is -0.373. The van der Waals surface area contributed by atoms with Crippen molar-refractivity contribution in [2.24, 2.45) is 0 Å². The van der Waals surface area contributed by atoms with E-state index < -0.39 is 0 Å². The second-order valence-electron chi connectivity index (χ2n) is 4.03. The molecule has 6 heteroatoms. The Labute approximate surface area is 115 Å². The van der Waals surface area contributed by atoms with Gasteiger partial charge < -0.3 is 5.32 Å². The van der Waals surface area contributed by atoms with Crippen molar-refractivity contribution in [2.45, 2.75) is 19.9 Å². The number of hydrogen-bond donors (Lipinski definition) is 1. The maximum atomic E-state index is 13.6. The molecule has 0 radical (unpaired) electrons. The molecule has 0 aliphatic heterocycles. The third-order valence-corrected chi connectivity index (χ3v) is 2.97. The van der Waals surface area contributed by atoms with E-state index in [1.165, 1.54) is 16.9 Å². The van der Waals surface area contributed by atoms with E-state index in [1.807, 2.05) is 0 Å². The molecule has 1 aromatic heterocycles.